The lowest BCUT2D eigenvalue weighted by molar-refractivity contribution is 0.389. The van der Waals surface area contributed by atoms with Gasteiger partial charge in [-0.1, -0.05) is 25.7 Å². The van der Waals surface area contributed by atoms with Crippen LogP contribution in [0, 0.1) is 0 Å². The van der Waals surface area contributed by atoms with Crippen LogP contribution in [0.15, 0.2) is 4.99 Å². The molecule has 0 radical (unpaired) electrons. The Morgan fingerprint density at radius 2 is 1.65 bits per heavy atom. The minimum absolute atomic E-state index is 0. The molecule has 1 saturated carbocycles. The van der Waals surface area contributed by atoms with Crippen molar-refractivity contribution in [2.75, 3.05) is 13.1 Å². The number of nitrogens with zero attached hydrogens (tertiary/aromatic N) is 5. The molecule has 1 aromatic rings. The van der Waals surface area contributed by atoms with Gasteiger partial charge in [0.2, 0.25) is 0 Å². The second kappa shape index (κ2) is 9.90. The Labute approximate surface area is 174 Å². The van der Waals surface area contributed by atoms with Crippen molar-refractivity contribution in [3.05, 3.63) is 11.6 Å². The Morgan fingerprint density at radius 3 is 2.46 bits per heavy atom. The van der Waals surface area contributed by atoms with Crippen molar-refractivity contribution < 1.29 is 0 Å². The first kappa shape index (κ1) is 19.9. The quantitative estimate of drug-likeness (QED) is 0.416. The highest BCUT2D eigenvalue weighted by Gasteiger charge is 2.21. The predicted octanol–water partition coefficient (Wildman–Crippen LogP) is 3.50. The van der Waals surface area contributed by atoms with Crippen LogP contribution in [0.1, 0.15) is 75.9 Å². The summed E-state index contributed by atoms with van der Waals surface area (Å²) in [7, 11) is 0. The minimum Gasteiger partial charge on any atom is -0.353 e. The molecule has 3 heterocycles. The van der Waals surface area contributed by atoms with Crippen molar-refractivity contribution in [1.29, 1.82) is 0 Å². The summed E-state index contributed by atoms with van der Waals surface area (Å²) in [6, 6.07) is 0.601. The summed E-state index contributed by atoms with van der Waals surface area (Å²) in [5.74, 6) is 3.31. The summed E-state index contributed by atoms with van der Waals surface area (Å²) >= 11 is 0. The molecule has 1 N–H and O–H groups in total. The van der Waals surface area contributed by atoms with E-state index in [9.17, 15) is 0 Å². The molecule has 0 unspecified atom stereocenters. The molecule has 0 spiro atoms. The molecule has 6 nitrogen and oxygen atoms in total. The van der Waals surface area contributed by atoms with Crippen LogP contribution in [0.4, 0.5) is 0 Å². The van der Waals surface area contributed by atoms with Crippen LogP contribution < -0.4 is 5.32 Å². The van der Waals surface area contributed by atoms with Gasteiger partial charge in [0.1, 0.15) is 12.4 Å². The van der Waals surface area contributed by atoms with Crippen molar-refractivity contribution in [3.63, 3.8) is 0 Å². The molecular formula is C19H33IN6. The lowest BCUT2D eigenvalue weighted by Crippen LogP contribution is -2.45. The number of nitrogens with one attached hydrogen (secondary N) is 1. The zero-order chi connectivity index (χ0) is 16.9. The molecule has 26 heavy (non-hydrogen) atoms. The number of halogens is 1. The average molecular weight is 472 g/mol. The van der Waals surface area contributed by atoms with Crippen LogP contribution in [0.2, 0.25) is 0 Å². The smallest absolute Gasteiger partial charge is 0.194 e. The van der Waals surface area contributed by atoms with Crippen molar-refractivity contribution in [2.45, 2.75) is 89.8 Å². The third-order valence-corrected chi connectivity index (χ3v) is 5.90. The van der Waals surface area contributed by atoms with E-state index in [4.69, 9.17) is 4.99 Å². The molecule has 146 valence electrons. The Hall–Kier alpha value is -0.860. The highest BCUT2D eigenvalue weighted by Crippen LogP contribution is 2.19. The SMILES string of the molecule is C1CCC(NC(=NCc2nnc3n2CCCCC3)N2CCCC2)CC1.I. The van der Waals surface area contributed by atoms with Gasteiger partial charge >= 0.3 is 0 Å². The van der Waals surface area contributed by atoms with Crippen LogP contribution in [0.5, 0.6) is 0 Å². The number of aromatic nitrogens is 3. The summed E-state index contributed by atoms with van der Waals surface area (Å²) in [6.07, 6.45) is 14.1. The van der Waals surface area contributed by atoms with Gasteiger partial charge in [0, 0.05) is 32.1 Å². The minimum atomic E-state index is 0. The Morgan fingerprint density at radius 1 is 0.923 bits per heavy atom. The van der Waals surface area contributed by atoms with Gasteiger partial charge in [-0.3, -0.25) is 0 Å². The van der Waals surface area contributed by atoms with Crippen LogP contribution >= 0.6 is 24.0 Å². The third kappa shape index (κ3) is 4.89. The number of aryl methyl sites for hydroxylation is 1. The number of aliphatic imine (C=N–C) groups is 1. The van der Waals surface area contributed by atoms with E-state index in [0.29, 0.717) is 12.6 Å². The number of fused-ring (bicyclic) bond motifs is 1. The molecule has 1 aromatic heterocycles. The highest BCUT2D eigenvalue weighted by atomic mass is 127. The molecule has 0 atom stereocenters. The van der Waals surface area contributed by atoms with Gasteiger partial charge in [0.15, 0.2) is 11.8 Å². The van der Waals surface area contributed by atoms with Crippen molar-refractivity contribution in [2.24, 2.45) is 4.99 Å². The van der Waals surface area contributed by atoms with Gasteiger partial charge in [0.25, 0.3) is 0 Å². The second-order valence-corrected chi connectivity index (χ2v) is 7.81. The number of guanidine groups is 1. The molecule has 2 fully saturated rings. The largest absolute Gasteiger partial charge is 0.353 e. The lowest BCUT2D eigenvalue weighted by Gasteiger charge is -2.29. The molecule has 0 aromatic carbocycles. The van der Waals surface area contributed by atoms with Gasteiger partial charge in [0.05, 0.1) is 0 Å². The Kier molecular flexibility index (Phi) is 7.57. The van der Waals surface area contributed by atoms with E-state index in [1.165, 1.54) is 64.2 Å². The fourth-order valence-corrected chi connectivity index (χ4v) is 4.40. The Balaban J connectivity index is 0.00000196. The first-order chi connectivity index (χ1) is 12.4. The van der Waals surface area contributed by atoms with Crippen LogP contribution in [-0.2, 0) is 19.5 Å². The summed E-state index contributed by atoms with van der Waals surface area (Å²) in [5, 5.41) is 12.6. The molecule has 1 saturated heterocycles. The Bertz CT molecular complexity index is 587. The molecular weight excluding hydrogens is 439 g/mol. The summed E-state index contributed by atoms with van der Waals surface area (Å²) in [4.78, 5) is 7.43. The van der Waals surface area contributed by atoms with E-state index >= 15 is 0 Å². The van der Waals surface area contributed by atoms with Crippen molar-refractivity contribution in [1.82, 2.24) is 25.0 Å². The maximum Gasteiger partial charge on any atom is 0.194 e. The maximum atomic E-state index is 4.99. The van der Waals surface area contributed by atoms with Crippen LogP contribution in [0.3, 0.4) is 0 Å². The molecule has 2 aliphatic heterocycles. The van der Waals surface area contributed by atoms with Gasteiger partial charge in [-0.05, 0) is 38.5 Å². The van der Waals surface area contributed by atoms with Crippen molar-refractivity contribution in [3.8, 4) is 0 Å². The van der Waals surface area contributed by atoms with E-state index in [-0.39, 0.29) is 24.0 Å². The molecule has 4 rings (SSSR count). The van der Waals surface area contributed by atoms with Gasteiger partial charge in [-0.25, -0.2) is 4.99 Å². The number of rotatable bonds is 3. The summed E-state index contributed by atoms with van der Waals surface area (Å²) < 4.78 is 2.32. The summed E-state index contributed by atoms with van der Waals surface area (Å²) in [6.45, 7) is 3.98. The van der Waals surface area contributed by atoms with E-state index in [0.717, 1.165) is 43.7 Å². The van der Waals surface area contributed by atoms with E-state index in [1.54, 1.807) is 0 Å². The lowest BCUT2D eigenvalue weighted by atomic mass is 9.96. The van der Waals surface area contributed by atoms with Gasteiger partial charge in [-0.15, -0.1) is 34.2 Å². The van der Waals surface area contributed by atoms with Gasteiger partial charge in [-0.2, -0.15) is 0 Å². The number of hydrogen-bond donors (Lipinski definition) is 1. The predicted molar refractivity (Wildman–Crippen MR) is 115 cm³/mol. The molecule has 7 heteroatoms. The number of hydrogen-bond acceptors (Lipinski definition) is 3. The topological polar surface area (TPSA) is 58.3 Å². The van der Waals surface area contributed by atoms with E-state index < -0.39 is 0 Å². The van der Waals surface area contributed by atoms with Crippen molar-refractivity contribution >= 4 is 29.9 Å². The van der Waals surface area contributed by atoms with Crippen LogP contribution in [-0.4, -0.2) is 44.8 Å². The zero-order valence-electron chi connectivity index (χ0n) is 15.8. The summed E-state index contributed by atoms with van der Waals surface area (Å²) in [5.41, 5.74) is 0. The van der Waals surface area contributed by atoms with E-state index in [2.05, 4.69) is 25.0 Å². The molecule has 3 aliphatic rings. The molecule has 1 aliphatic carbocycles. The standard InChI is InChI=1S/C19H32N6.HI/c1-3-9-16(10-4-1)21-19(24-12-7-8-13-24)20-15-18-23-22-17-11-5-2-6-14-25(17)18;/h16H,1-15H2,(H,20,21);1H. The first-order valence-corrected chi connectivity index (χ1v) is 10.4. The van der Waals surface area contributed by atoms with E-state index in [1.807, 2.05) is 0 Å². The van der Waals surface area contributed by atoms with Gasteiger partial charge < -0.3 is 14.8 Å². The molecule has 0 bridgehead atoms. The fraction of sp³-hybridized carbons (Fsp3) is 0.842. The highest BCUT2D eigenvalue weighted by molar-refractivity contribution is 14.0. The molecule has 0 amide bonds. The maximum absolute atomic E-state index is 4.99. The average Bonchev–Trinajstić information content (AvgIpc) is 3.25. The zero-order valence-corrected chi connectivity index (χ0v) is 18.2. The monoisotopic (exact) mass is 472 g/mol. The van der Waals surface area contributed by atoms with Crippen LogP contribution in [0.25, 0.3) is 0 Å². The number of likely N-dealkylation sites (tertiary alicyclic amines) is 1. The normalized spacial score (nSPS) is 21.8. The third-order valence-electron chi connectivity index (χ3n) is 5.90. The first-order valence-electron chi connectivity index (χ1n) is 10.4. The fourth-order valence-electron chi connectivity index (χ4n) is 4.40. The second-order valence-electron chi connectivity index (χ2n) is 7.81.